The molecular formula is C24H20N6O. The van der Waals surface area contributed by atoms with Crippen LogP contribution in [0.2, 0.25) is 0 Å². The van der Waals surface area contributed by atoms with Crippen molar-refractivity contribution in [3.05, 3.63) is 102 Å². The Kier molecular flexibility index (Phi) is 4.76. The average molecular weight is 408 g/mol. The SMILES string of the molecule is CC1=C(C(=O)Nc2cccnc2)C(c2ccccc2)n2nc(-c3ccccc3)nc2N1. The minimum Gasteiger partial charge on any atom is -0.328 e. The molecule has 2 aromatic carbocycles. The zero-order valence-corrected chi connectivity index (χ0v) is 16.9. The normalized spacial score (nSPS) is 15.2. The molecule has 0 fully saturated rings. The number of allylic oxidation sites excluding steroid dienone is 1. The molecule has 2 aromatic heterocycles. The number of carbonyl (C=O) groups is 1. The predicted octanol–water partition coefficient (Wildman–Crippen LogP) is 4.27. The van der Waals surface area contributed by atoms with E-state index in [1.54, 1.807) is 23.1 Å². The van der Waals surface area contributed by atoms with Crippen LogP contribution < -0.4 is 10.6 Å². The van der Waals surface area contributed by atoms with Crippen molar-refractivity contribution in [3.8, 4) is 11.4 Å². The van der Waals surface area contributed by atoms with Crippen LogP contribution in [0.4, 0.5) is 11.6 Å². The van der Waals surface area contributed by atoms with Gasteiger partial charge in [-0.15, -0.1) is 5.10 Å². The highest BCUT2D eigenvalue weighted by atomic mass is 16.1. The summed E-state index contributed by atoms with van der Waals surface area (Å²) in [6, 6.07) is 22.8. The van der Waals surface area contributed by atoms with E-state index in [9.17, 15) is 4.79 Å². The van der Waals surface area contributed by atoms with Gasteiger partial charge < -0.3 is 10.6 Å². The molecule has 0 radical (unpaired) electrons. The fraction of sp³-hybridized carbons (Fsp3) is 0.0833. The molecule has 0 saturated carbocycles. The molecule has 152 valence electrons. The van der Waals surface area contributed by atoms with E-state index in [0.717, 1.165) is 16.8 Å². The molecule has 3 heterocycles. The number of pyridine rings is 1. The molecule has 0 bridgehead atoms. The van der Waals surface area contributed by atoms with Gasteiger partial charge >= 0.3 is 0 Å². The van der Waals surface area contributed by atoms with Gasteiger partial charge in [-0.1, -0.05) is 60.7 Å². The quantitative estimate of drug-likeness (QED) is 0.527. The Labute approximate surface area is 179 Å². The summed E-state index contributed by atoms with van der Waals surface area (Å²) in [6.07, 6.45) is 3.29. The lowest BCUT2D eigenvalue weighted by atomic mass is 9.95. The molecule has 1 unspecified atom stereocenters. The predicted molar refractivity (Wildman–Crippen MR) is 119 cm³/mol. The minimum absolute atomic E-state index is 0.214. The Hall–Kier alpha value is -4.26. The summed E-state index contributed by atoms with van der Waals surface area (Å²) in [4.78, 5) is 22.1. The zero-order valence-electron chi connectivity index (χ0n) is 16.9. The summed E-state index contributed by atoms with van der Waals surface area (Å²) >= 11 is 0. The fourth-order valence-corrected chi connectivity index (χ4v) is 3.73. The Morgan fingerprint density at radius 1 is 1.00 bits per heavy atom. The van der Waals surface area contributed by atoms with Crippen molar-refractivity contribution in [2.45, 2.75) is 13.0 Å². The van der Waals surface area contributed by atoms with Crippen molar-refractivity contribution < 1.29 is 4.79 Å². The van der Waals surface area contributed by atoms with Gasteiger partial charge in [-0.05, 0) is 24.6 Å². The molecule has 0 aliphatic carbocycles. The highest BCUT2D eigenvalue weighted by molar-refractivity contribution is 6.05. The number of nitrogens with zero attached hydrogens (tertiary/aromatic N) is 4. The highest BCUT2D eigenvalue weighted by Crippen LogP contribution is 2.36. The third-order valence-electron chi connectivity index (χ3n) is 5.16. The summed E-state index contributed by atoms with van der Waals surface area (Å²) in [5, 5.41) is 11.0. The maximum absolute atomic E-state index is 13.3. The van der Waals surface area contributed by atoms with Crippen LogP contribution in [0.5, 0.6) is 0 Å². The minimum atomic E-state index is -0.418. The van der Waals surface area contributed by atoms with Crippen LogP contribution in [0.1, 0.15) is 18.5 Å². The van der Waals surface area contributed by atoms with Crippen LogP contribution in [0.25, 0.3) is 11.4 Å². The van der Waals surface area contributed by atoms with Gasteiger partial charge in [-0.25, -0.2) is 4.68 Å². The number of nitrogens with one attached hydrogen (secondary N) is 2. The van der Waals surface area contributed by atoms with Crippen molar-refractivity contribution in [2.24, 2.45) is 0 Å². The van der Waals surface area contributed by atoms with E-state index in [1.165, 1.54) is 0 Å². The van der Waals surface area contributed by atoms with Gasteiger partial charge in [0, 0.05) is 17.5 Å². The zero-order chi connectivity index (χ0) is 21.2. The Bertz CT molecular complexity index is 1250. The van der Waals surface area contributed by atoms with Crippen molar-refractivity contribution in [1.29, 1.82) is 0 Å². The molecule has 0 spiro atoms. The Morgan fingerprint density at radius 2 is 1.74 bits per heavy atom. The molecule has 5 rings (SSSR count). The van der Waals surface area contributed by atoms with E-state index < -0.39 is 6.04 Å². The first-order valence-corrected chi connectivity index (χ1v) is 9.97. The number of hydrogen-bond donors (Lipinski definition) is 2. The third-order valence-corrected chi connectivity index (χ3v) is 5.16. The van der Waals surface area contributed by atoms with Gasteiger partial charge in [0.15, 0.2) is 5.82 Å². The molecule has 31 heavy (non-hydrogen) atoms. The summed E-state index contributed by atoms with van der Waals surface area (Å²) < 4.78 is 1.78. The second kappa shape index (κ2) is 7.87. The largest absolute Gasteiger partial charge is 0.328 e. The number of hydrogen-bond acceptors (Lipinski definition) is 5. The molecule has 1 aliphatic rings. The van der Waals surface area contributed by atoms with Crippen LogP contribution in [0.15, 0.2) is 96.5 Å². The lowest BCUT2D eigenvalue weighted by Crippen LogP contribution is -2.31. The lowest BCUT2D eigenvalue weighted by molar-refractivity contribution is -0.113. The van der Waals surface area contributed by atoms with Gasteiger partial charge in [0.1, 0.15) is 6.04 Å². The number of amides is 1. The standard InChI is InChI=1S/C24H20N6O/c1-16-20(23(31)27-19-13-8-14-25-15-19)21(17-9-4-2-5-10-17)30-24(26-16)28-22(29-30)18-11-6-3-7-12-18/h2-15,21H,1H3,(H,27,31)(H,26,28,29). The summed E-state index contributed by atoms with van der Waals surface area (Å²) in [5.74, 6) is 0.989. The Morgan fingerprint density at radius 3 is 2.45 bits per heavy atom. The van der Waals surface area contributed by atoms with Gasteiger partial charge in [-0.3, -0.25) is 9.78 Å². The van der Waals surface area contributed by atoms with E-state index in [1.807, 2.05) is 73.7 Å². The van der Waals surface area contributed by atoms with E-state index in [4.69, 9.17) is 5.10 Å². The Balaban J connectivity index is 1.60. The number of anilines is 2. The van der Waals surface area contributed by atoms with Crippen LogP contribution in [0.3, 0.4) is 0 Å². The first-order valence-electron chi connectivity index (χ1n) is 9.97. The highest BCUT2D eigenvalue weighted by Gasteiger charge is 2.34. The first kappa shape index (κ1) is 18.7. The van der Waals surface area contributed by atoms with Crippen molar-refractivity contribution in [1.82, 2.24) is 19.7 Å². The fourth-order valence-electron chi connectivity index (χ4n) is 3.73. The third kappa shape index (κ3) is 3.57. The van der Waals surface area contributed by atoms with Crippen LogP contribution in [-0.2, 0) is 4.79 Å². The molecular weight excluding hydrogens is 388 g/mol. The maximum atomic E-state index is 13.3. The van der Waals surface area contributed by atoms with Gasteiger partial charge in [0.05, 0.1) is 17.5 Å². The smallest absolute Gasteiger partial charge is 0.255 e. The van der Waals surface area contributed by atoms with E-state index in [2.05, 4.69) is 20.6 Å². The molecule has 1 amide bonds. The van der Waals surface area contributed by atoms with E-state index in [0.29, 0.717) is 23.0 Å². The summed E-state index contributed by atoms with van der Waals surface area (Å²) in [7, 11) is 0. The molecule has 1 aliphatic heterocycles. The molecule has 0 saturated heterocycles. The van der Waals surface area contributed by atoms with Crippen LogP contribution >= 0.6 is 0 Å². The second-order valence-electron chi connectivity index (χ2n) is 7.24. The van der Waals surface area contributed by atoms with Crippen LogP contribution in [0, 0.1) is 0 Å². The van der Waals surface area contributed by atoms with E-state index >= 15 is 0 Å². The summed E-state index contributed by atoms with van der Waals surface area (Å²) in [5.41, 5.74) is 3.80. The van der Waals surface area contributed by atoms with Crippen molar-refractivity contribution in [3.63, 3.8) is 0 Å². The van der Waals surface area contributed by atoms with Crippen molar-refractivity contribution in [2.75, 3.05) is 10.6 Å². The first-order chi connectivity index (χ1) is 15.2. The maximum Gasteiger partial charge on any atom is 0.255 e. The number of aromatic nitrogens is 4. The molecule has 2 N–H and O–H groups in total. The number of rotatable bonds is 4. The number of benzene rings is 2. The van der Waals surface area contributed by atoms with Gasteiger partial charge in [0.2, 0.25) is 5.95 Å². The van der Waals surface area contributed by atoms with Gasteiger partial charge in [-0.2, -0.15) is 4.98 Å². The van der Waals surface area contributed by atoms with Crippen LogP contribution in [-0.4, -0.2) is 25.7 Å². The van der Waals surface area contributed by atoms with Gasteiger partial charge in [0.25, 0.3) is 5.91 Å². The molecule has 1 atom stereocenters. The van der Waals surface area contributed by atoms with E-state index in [-0.39, 0.29) is 5.91 Å². The monoisotopic (exact) mass is 408 g/mol. The molecule has 7 nitrogen and oxygen atoms in total. The number of fused-ring (bicyclic) bond motifs is 1. The average Bonchev–Trinajstić information content (AvgIpc) is 3.23. The van der Waals surface area contributed by atoms with Crippen molar-refractivity contribution >= 4 is 17.5 Å². The molecule has 4 aromatic rings. The number of carbonyl (C=O) groups excluding carboxylic acids is 1. The second-order valence-corrected chi connectivity index (χ2v) is 7.24. The summed E-state index contributed by atoms with van der Waals surface area (Å²) in [6.45, 7) is 1.88. The lowest BCUT2D eigenvalue weighted by Gasteiger charge is -2.28. The molecule has 7 heteroatoms. The topological polar surface area (TPSA) is 84.7 Å².